The molecule has 0 radical (unpaired) electrons. The van der Waals surface area contributed by atoms with Crippen molar-refractivity contribution in [1.82, 2.24) is 4.90 Å². The molecule has 1 aromatic rings. The number of alkyl halides is 3. The Morgan fingerprint density at radius 3 is 2.65 bits per heavy atom. The third-order valence-electron chi connectivity index (χ3n) is 4.57. The molecule has 0 spiro atoms. The van der Waals surface area contributed by atoms with Crippen molar-refractivity contribution in [2.75, 3.05) is 18.9 Å². The van der Waals surface area contributed by atoms with Crippen molar-refractivity contribution >= 4 is 17.5 Å². The van der Waals surface area contributed by atoms with Crippen LogP contribution in [0.3, 0.4) is 0 Å². The van der Waals surface area contributed by atoms with Crippen LogP contribution in [0.5, 0.6) is 0 Å². The van der Waals surface area contributed by atoms with E-state index in [0.717, 1.165) is 4.90 Å². The molecule has 2 amide bonds. The van der Waals surface area contributed by atoms with Crippen LogP contribution < -0.4 is 5.32 Å². The molecule has 1 saturated carbocycles. The first-order chi connectivity index (χ1) is 12.2. The molecule has 1 N–H and O–H groups in total. The smallest absolute Gasteiger partial charge is 0.336 e. The number of carbonyl (C=O) groups is 2. The molecule has 26 heavy (non-hydrogen) atoms. The van der Waals surface area contributed by atoms with Crippen molar-refractivity contribution in [1.29, 1.82) is 0 Å². The van der Waals surface area contributed by atoms with Gasteiger partial charge < -0.3 is 10.2 Å². The first-order valence-corrected chi connectivity index (χ1v) is 8.40. The van der Waals surface area contributed by atoms with E-state index in [1.807, 2.05) is 0 Å². The summed E-state index contributed by atoms with van der Waals surface area (Å²) in [5, 5.41) is 2.60. The van der Waals surface area contributed by atoms with E-state index in [-0.39, 0.29) is 19.4 Å². The SMILES string of the molecule is C#Cc1cccc(NC(=O)CN(C)C(=O)C2CCCCC2C(F)(F)F)c1. The predicted molar refractivity (Wildman–Crippen MR) is 92.1 cm³/mol. The number of hydrogen-bond donors (Lipinski definition) is 1. The Morgan fingerprint density at radius 1 is 1.31 bits per heavy atom. The molecule has 1 aliphatic rings. The van der Waals surface area contributed by atoms with Crippen molar-refractivity contribution in [2.24, 2.45) is 11.8 Å². The molecule has 0 aliphatic heterocycles. The van der Waals surface area contributed by atoms with Gasteiger partial charge in [-0.15, -0.1) is 6.42 Å². The molecule has 4 nitrogen and oxygen atoms in total. The number of nitrogens with one attached hydrogen (secondary N) is 1. The van der Waals surface area contributed by atoms with E-state index in [1.54, 1.807) is 24.3 Å². The minimum Gasteiger partial charge on any atom is -0.336 e. The maximum atomic E-state index is 13.2. The number of likely N-dealkylation sites (N-methyl/N-ethyl adjacent to an activating group) is 1. The Bertz CT molecular complexity index is 709. The molecule has 2 unspecified atom stereocenters. The van der Waals surface area contributed by atoms with Gasteiger partial charge in [0.2, 0.25) is 11.8 Å². The van der Waals surface area contributed by atoms with E-state index in [0.29, 0.717) is 24.1 Å². The van der Waals surface area contributed by atoms with Crippen LogP contribution in [0.4, 0.5) is 18.9 Å². The van der Waals surface area contributed by atoms with Crippen molar-refractivity contribution in [3.8, 4) is 12.3 Å². The fourth-order valence-electron chi connectivity index (χ4n) is 3.28. The largest absolute Gasteiger partial charge is 0.392 e. The lowest BCUT2D eigenvalue weighted by molar-refractivity contribution is -0.200. The van der Waals surface area contributed by atoms with Gasteiger partial charge in [-0.2, -0.15) is 13.2 Å². The lowest BCUT2D eigenvalue weighted by Crippen LogP contribution is -2.45. The second kappa shape index (κ2) is 8.26. The fraction of sp³-hybridized carbons (Fsp3) is 0.474. The minimum absolute atomic E-state index is 0.0428. The number of hydrogen-bond acceptors (Lipinski definition) is 2. The van der Waals surface area contributed by atoms with E-state index < -0.39 is 29.8 Å². The van der Waals surface area contributed by atoms with Gasteiger partial charge >= 0.3 is 6.18 Å². The molecular formula is C19H21F3N2O2. The average Bonchev–Trinajstić information content (AvgIpc) is 2.60. The molecule has 140 valence electrons. The quantitative estimate of drug-likeness (QED) is 0.830. The lowest BCUT2D eigenvalue weighted by Gasteiger charge is -2.34. The Labute approximate surface area is 150 Å². The van der Waals surface area contributed by atoms with E-state index in [4.69, 9.17) is 6.42 Å². The summed E-state index contributed by atoms with van der Waals surface area (Å²) in [5.41, 5.74) is 1.06. The highest BCUT2D eigenvalue weighted by Crippen LogP contribution is 2.42. The molecule has 0 bridgehead atoms. The zero-order valence-electron chi connectivity index (χ0n) is 14.5. The summed E-state index contributed by atoms with van der Waals surface area (Å²) in [6, 6.07) is 6.61. The number of benzene rings is 1. The third-order valence-corrected chi connectivity index (χ3v) is 4.57. The van der Waals surface area contributed by atoms with Crippen LogP contribution in [0.15, 0.2) is 24.3 Å². The molecule has 0 heterocycles. The highest BCUT2D eigenvalue weighted by Gasteiger charge is 2.48. The standard InChI is InChI=1S/C19H21F3N2O2/c1-3-13-7-6-8-14(11-13)23-17(25)12-24(2)18(26)15-9-4-5-10-16(15)19(20,21)22/h1,6-8,11,15-16H,4-5,9-10,12H2,2H3,(H,23,25). The molecule has 2 rings (SSSR count). The molecule has 7 heteroatoms. The maximum Gasteiger partial charge on any atom is 0.392 e. The van der Waals surface area contributed by atoms with Gasteiger partial charge in [0.15, 0.2) is 0 Å². The van der Waals surface area contributed by atoms with Crippen LogP contribution in [0, 0.1) is 24.2 Å². The normalized spacial score (nSPS) is 20.1. The molecular weight excluding hydrogens is 345 g/mol. The predicted octanol–water partition coefficient (Wildman–Crippen LogP) is 3.43. The summed E-state index contributed by atoms with van der Waals surface area (Å²) in [5.74, 6) is -1.45. The third kappa shape index (κ3) is 5.01. The Morgan fingerprint density at radius 2 is 2.00 bits per heavy atom. The van der Waals surface area contributed by atoms with Crippen molar-refractivity contribution < 1.29 is 22.8 Å². The molecule has 1 aliphatic carbocycles. The number of terminal acetylenes is 1. The maximum absolute atomic E-state index is 13.2. The van der Waals surface area contributed by atoms with Gasteiger partial charge in [0, 0.05) is 24.2 Å². The van der Waals surface area contributed by atoms with Gasteiger partial charge in [-0.05, 0) is 31.0 Å². The summed E-state index contributed by atoms with van der Waals surface area (Å²) in [6.07, 6.45) is 2.09. The second-order valence-corrected chi connectivity index (χ2v) is 6.51. The topological polar surface area (TPSA) is 49.4 Å². The lowest BCUT2D eigenvalue weighted by atomic mass is 9.78. The Balaban J connectivity index is 1.99. The van der Waals surface area contributed by atoms with Crippen molar-refractivity contribution in [3.63, 3.8) is 0 Å². The Hall–Kier alpha value is -2.49. The van der Waals surface area contributed by atoms with Gasteiger partial charge in [-0.1, -0.05) is 24.8 Å². The molecule has 2 atom stereocenters. The van der Waals surface area contributed by atoms with Crippen LogP contribution in [-0.4, -0.2) is 36.5 Å². The second-order valence-electron chi connectivity index (χ2n) is 6.51. The van der Waals surface area contributed by atoms with E-state index >= 15 is 0 Å². The number of carbonyl (C=O) groups excluding carboxylic acids is 2. The first-order valence-electron chi connectivity index (χ1n) is 8.40. The molecule has 1 fully saturated rings. The summed E-state index contributed by atoms with van der Waals surface area (Å²) >= 11 is 0. The summed E-state index contributed by atoms with van der Waals surface area (Å²) in [6.45, 7) is -0.319. The monoisotopic (exact) mass is 366 g/mol. The van der Waals surface area contributed by atoms with Gasteiger partial charge in [-0.3, -0.25) is 9.59 Å². The molecule has 1 aromatic carbocycles. The van der Waals surface area contributed by atoms with Crippen LogP contribution >= 0.6 is 0 Å². The summed E-state index contributed by atoms with van der Waals surface area (Å²) < 4.78 is 39.5. The zero-order chi connectivity index (χ0) is 19.3. The highest BCUT2D eigenvalue weighted by atomic mass is 19.4. The summed E-state index contributed by atoms with van der Waals surface area (Å²) in [4.78, 5) is 25.6. The van der Waals surface area contributed by atoms with Crippen LogP contribution in [0.2, 0.25) is 0 Å². The van der Waals surface area contributed by atoms with E-state index in [1.165, 1.54) is 7.05 Å². The molecule has 0 aromatic heterocycles. The number of halogens is 3. The molecule has 0 saturated heterocycles. The van der Waals surface area contributed by atoms with Gasteiger partial charge in [0.05, 0.1) is 12.5 Å². The fourth-order valence-corrected chi connectivity index (χ4v) is 3.28. The number of nitrogens with zero attached hydrogens (tertiary/aromatic N) is 1. The van der Waals surface area contributed by atoms with Gasteiger partial charge in [0.25, 0.3) is 0 Å². The average molecular weight is 366 g/mol. The Kier molecular flexibility index (Phi) is 6.30. The van der Waals surface area contributed by atoms with Crippen LogP contribution in [0.1, 0.15) is 31.2 Å². The van der Waals surface area contributed by atoms with Gasteiger partial charge in [-0.25, -0.2) is 0 Å². The van der Waals surface area contributed by atoms with Crippen LogP contribution in [-0.2, 0) is 9.59 Å². The van der Waals surface area contributed by atoms with E-state index in [9.17, 15) is 22.8 Å². The number of amides is 2. The van der Waals surface area contributed by atoms with Gasteiger partial charge in [0.1, 0.15) is 0 Å². The number of anilines is 1. The first kappa shape index (κ1) is 19.8. The highest BCUT2D eigenvalue weighted by molar-refractivity contribution is 5.94. The van der Waals surface area contributed by atoms with E-state index in [2.05, 4.69) is 11.2 Å². The zero-order valence-corrected chi connectivity index (χ0v) is 14.5. The minimum atomic E-state index is -4.40. The summed E-state index contributed by atoms with van der Waals surface area (Å²) in [7, 11) is 1.35. The number of rotatable bonds is 4. The van der Waals surface area contributed by atoms with Crippen LogP contribution in [0.25, 0.3) is 0 Å². The van der Waals surface area contributed by atoms with Crippen molar-refractivity contribution in [2.45, 2.75) is 31.9 Å². The van der Waals surface area contributed by atoms with Crippen molar-refractivity contribution in [3.05, 3.63) is 29.8 Å².